The summed E-state index contributed by atoms with van der Waals surface area (Å²) >= 11 is 0. The van der Waals surface area contributed by atoms with Crippen LogP contribution in [0, 0.1) is 5.82 Å². The number of H-pyrrole nitrogens is 1. The van der Waals surface area contributed by atoms with E-state index in [2.05, 4.69) is 5.10 Å². The fraction of sp³-hybridized carbons (Fsp3) is 0.333. The number of imide groups is 1. The number of aromatic amines is 1. The Labute approximate surface area is 202 Å². The second kappa shape index (κ2) is 9.44. The normalized spacial score (nSPS) is 17.0. The van der Waals surface area contributed by atoms with Crippen LogP contribution in [0.5, 0.6) is 0 Å². The molecule has 5 rings (SSSR count). The number of benzene rings is 1. The molecule has 1 N–H and O–H groups in total. The molecule has 0 atom stereocenters. The first kappa shape index (κ1) is 23.0. The smallest absolute Gasteiger partial charge is 0.294 e. The molecule has 7 nitrogen and oxygen atoms in total. The Bertz CT molecular complexity index is 1350. The predicted octanol–water partition coefficient (Wildman–Crippen LogP) is 3.61. The number of pyridine rings is 1. The van der Waals surface area contributed by atoms with Gasteiger partial charge in [0.1, 0.15) is 11.4 Å². The highest BCUT2D eigenvalue weighted by atomic mass is 19.1. The second-order valence-electron chi connectivity index (χ2n) is 9.11. The molecule has 1 aromatic carbocycles. The number of aryl methyl sites for hydroxylation is 1. The highest BCUT2D eigenvalue weighted by Gasteiger charge is 2.49. The molecule has 3 aromatic rings. The molecule has 0 radical (unpaired) electrons. The quantitative estimate of drug-likeness (QED) is 0.437. The van der Waals surface area contributed by atoms with Gasteiger partial charge in [0.2, 0.25) is 0 Å². The zero-order chi connectivity index (χ0) is 24.5. The number of carbonyl (C=O) groups excluding carboxylic acids is 2. The van der Waals surface area contributed by atoms with E-state index in [1.165, 1.54) is 33.8 Å². The highest BCUT2D eigenvalue weighted by molar-refractivity contribution is 6.44. The van der Waals surface area contributed by atoms with Gasteiger partial charge < -0.3 is 0 Å². The zero-order valence-electron chi connectivity index (χ0n) is 19.7. The summed E-state index contributed by atoms with van der Waals surface area (Å²) in [5.74, 6) is -1.20. The lowest BCUT2D eigenvalue weighted by Gasteiger charge is -2.29. The summed E-state index contributed by atoms with van der Waals surface area (Å²) in [5, 5.41) is 3.12. The molecular formula is C27H28FN4O3+. The Balaban J connectivity index is 1.72. The summed E-state index contributed by atoms with van der Waals surface area (Å²) in [7, 11) is 0. The van der Waals surface area contributed by atoms with Crippen molar-refractivity contribution < 1.29 is 18.5 Å². The van der Waals surface area contributed by atoms with Crippen molar-refractivity contribution in [3.05, 3.63) is 82.3 Å². The van der Waals surface area contributed by atoms with Crippen LogP contribution in [-0.4, -0.2) is 32.5 Å². The van der Waals surface area contributed by atoms with E-state index in [1.807, 2.05) is 13.0 Å². The molecule has 3 heterocycles. The van der Waals surface area contributed by atoms with Gasteiger partial charge in [-0.2, -0.15) is 4.57 Å². The summed E-state index contributed by atoms with van der Waals surface area (Å²) < 4.78 is 16.5. The van der Waals surface area contributed by atoms with Crippen LogP contribution in [0.4, 0.5) is 4.39 Å². The maximum atomic E-state index is 13.9. The van der Waals surface area contributed by atoms with Crippen molar-refractivity contribution in [2.45, 2.75) is 57.9 Å². The van der Waals surface area contributed by atoms with Crippen LogP contribution < -0.4 is 10.1 Å². The van der Waals surface area contributed by atoms with Crippen molar-refractivity contribution in [2.24, 2.45) is 0 Å². The van der Waals surface area contributed by atoms with Gasteiger partial charge in [0.05, 0.1) is 11.3 Å². The molecule has 35 heavy (non-hydrogen) atoms. The Morgan fingerprint density at radius 1 is 0.971 bits per heavy atom. The van der Waals surface area contributed by atoms with Crippen molar-refractivity contribution in [3.63, 3.8) is 0 Å². The summed E-state index contributed by atoms with van der Waals surface area (Å²) in [6.45, 7) is 1.98. The zero-order valence-corrected chi connectivity index (χ0v) is 19.7. The Morgan fingerprint density at radius 2 is 1.66 bits per heavy atom. The van der Waals surface area contributed by atoms with Gasteiger partial charge in [-0.25, -0.2) is 9.07 Å². The minimum Gasteiger partial charge on any atom is -0.294 e. The molecule has 1 fully saturated rings. The van der Waals surface area contributed by atoms with E-state index >= 15 is 0 Å². The van der Waals surface area contributed by atoms with E-state index in [-0.39, 0.29) is 28.8 Å². The number of amides is 2. The van der Waals surface area contributed by atoms with Crippen molar-refractivity contribution >= 4 is 23.1 Å². The number of nitrogens with one attached hydrogen (secondary N) is 1. The molecule has 180 valence electrons. The largest absolute Gasteiger partial charge is 0.327 e. The van der Waals surface area contributed by atoms with E-state index in [0.29, 0.717) is 17.8 Å². The molecule has 2 aliphatic rings. The summed E-state index contributed by atoms with van der Waals surface area (Å²) in [4.78, 5) is 42.8. The lowest BCUT2D eigenvalue weighted by molar-refractivity contribution is -0.576. The first-order chi connectivity index (χ1) is 17.0. The molecular weight excluding hydrogens is 447 g/mol. The van der Waals surface area contributed by atoms with Gasteiger partial charge >= 0.3 is 5.91 Å². The summed E-state index contributed by atoms with van der Waals surface area (Å²) in [6, 6.07) is 10.8. The maximum absolute atomic E-state index is 13.9. The molecule has 1 saturated carbocycles. The van der Waals surface area contributed by atoms with E-state index in [1.54, 1.807) is 29.1 Å². The van der Waals surface area contributed by atoms with E-state index < -0.39 is 17.3 Å². The minimum absolute atomic E-state index is 0.127. The van der Waals surface area contributed by atoms with Gasteiger partial charge in [-0.3, -0.25) is 24.4 Å². The molecule has 2 amide bonds. The third-order valence-electron chi connectivity index (χ3n) is 6.80. The fourth-order valence-electron chi connectivity index (χ4n) is 5.16. The SMILES string of the molecule is CCCc1[nH]n(-c2ccc(F)cc2)c(=O)c1C1=C([n+]2ccccc2)C(=O)N(C2CCCCC2)C1=O. The number of hydrogen-bond acceptors (Lipinski definition) is 3. The average molecular weight is 476 g/mol. The topological polar surface area (TPSA) is 79.1 Å². The third-order valence-corrected chi connectivity index (χ3v) is 6.80. The monoisotopic (exact) mass is 475 g/mol. The van der Waals surface area contributed by atoms with Gasteiger partial charge in [-0.05, 0) is 43.5 Å². The number of rotatable bonds is 6. The second-order valence-corrected chi connectivity index (χ2v) is 9.11. The number of nitrogens with zero attached hydrogens (tertiary/aromatic N) is 3. The van der Waals surface area contributed by atoms with E-state index in [0.717, 1.165) is 38.5 Å². The molecule has 0 unspecified atom stereocenters. The molecule has 1 aliphatic heterocycles. The van der Waals surface area contributed by atoms with Crippen molar-refractivity contribution in [1.29, 1.82) is 0 Å². The molecule has 8 heteroatoms. The Hall–Kier alpha value is -3.81. The molecule has 0 saturated heterocycles. The van der Waals surface area contributed by atoms with Gasteiger partial charge in [0.15, 0.2) is 12.4 Å². The van der Waals surface area contributed by atoms with E-state index in [4.69, 9.17) is 0 Å². The number of halogens is 1. The first-order valence-electron chi connectivity index (χ1n) is 12.2. The van der Waals surface area contributed by atoms with Crippen LogP contribution in [0.2, 0.25) is 0 Å². The average Bonchev–Trinajstić information content (AvgIpc) is 3.32. The van der Waals surface area contributed by atoms with Crippen LogP contribution in [0.1, 0.15) is 56.7 Å². The van der Waals surface area contributed by atoms with Crippen LogP contribution in [0.15, 0.2) is 59.7 Å². The van der Waals surface area contributed by atoms with Gasteiger partial charge in [-0.1, -0.05) is 38.7 Å². The van der Waals surface area contributed by atoms with Gasteiger partial charge in [0.25, 0.3) is 17.2 Å². The molecule has 0 spiro atoms. The highest BCUT2D eigenvalue weighted by Crippen LogP contribution is 2.35. The maximum Gasteiger partial charge on any atom is 0.327 e. The van der Waals surface area contributed by atoms with Crippen molar-refractivity contribution in [3.8, 4) is 5.69 Å². The Kier molecular flexibility index (Phi) is 6.19. The van der Waals surface area contributed by atoms with Gasteiger partial charge in [-0.15, -0.1) is 0 Å². The number of carbonyl (C=O) groups is 2. The van der Waals surface area contributed by atoms with Crippen LogP contribution >= 0.6 is 0 Å². The predicted molar refractivity (Wildman–Crippen MR) is 129 cm³/mol. The summed E-state index contributed by atoms with van der Waals surface area (Å²) in [5.41, 5.74) is 1.13. The van der Waals surface area contributed by atoms with Gasteiger partial charge in [0, 0.05) is 23.9 Å². The van der Waals surface area contributed by atoms with Crippen LogP contribution in [0.3, 0.4) is 0 Å². The number of aromatic nitrogens is 3. The summed E-state index contributed by atoms with van der Waals surface area (Å²) in [6.07, 6.45) is 9.24. The standard InChI is InChI=1S/C27H27FN4O3/c1-2-9-21-22(26(34)32(29-21)20-14-12-18(28)13-15-20)23-24(30-16-7-4-8-17-30)27(35)31(25(23)33)19-10-5-3-6-11-19/h4,7-8,12-17,19H,2-3,5-6,9-11H2,1H3/p+1. The Morgan fingerprint density at radius 3 is 2.31 bits per heavy atom. The van der Waals surface area contributed by atoms with Crippen molar-refractivity contribution in [1.82, 2.24) is 14.7 Å². The van der Waals surface area contributed by atoms with E-state index in [9.17, 15) is 18.8 Å². The van der Waals surface area contributed by atoms with Crippen LogP contribution in [0.25, 0.3) is 17.0 Å². The van der Waals surface area contributed by atoms with Crippen molar-refractivity contribution in [2.75, 3.05) is 0 Å². The lowest BCUT2D eigenvalue weighted by atomic mass is 9.94. The minimum atomic E-state index is -0.435. The lowest BCUT2D eigenvalue weighted by Crippen LogP contribution is -2.45. The van der Waals surface area contributed by atoms with Crippen LogP contribution in [-0.2, 0) is 16.0 Å². The molecule has 2 aromatic heterocycles. The molecule has 0 bridgehead atoms. The number of hydrogen-bond donors (Lipinski definition) is 1. The first-order valence-corrected chi connectivity index (χ1v) is 12.2. The molecule has 1 aliphatic carbocycles. The fourth-order valence-corrected chi connectivity index (χ4v) is 5.16. The third kappa shape index (κ3) is 4.03.